The average molecular weight is 418 g/mol. The first kappa shape index (κ1) is 21.4. The summed E-state index contributed by atoms with van der Waals surface area (Å²) >= 11 is 1.52. The van der Waals surface area contributed by atoms with Crippen LogP contribution in [-0.4, -0.2) is 44.7 Å². The van der Waals surface area contributed by atoms with E-state index in [-0.39, 0.29) is 11.9 Å². The molecule has 1 fully saturated rings. The molecule has 1 aromatic carbocycles. The lowest BCUT2D eigenvalue weighted by Crippen LogP contribution is -2.46. The minimum absolute atomic E-state index is 0.154. The van der Waals surface area contributed by atoms with Crippen LogP contribution in [0.3, 0.4) is 0 Å². The quantitative estimate of drug-likeness (QED) is 0.452. The maximum Gasteiger partial charge on any atom is 0.272 e. The molecule has 8 heteroatoms. The Morgan fingerprint density at radius 2 is 2.10 bits per heavy atom. The van der Waals surface area contributed by atoms with Crippen molar-refractivity contribution < 1.29 is 19.9 Å². The third-order valence-electron chi connectivity index (χ3n) is 5.36. The van der Waals surface area contributed by atoms with Gasteiger partial charge in [0, 0.05) is 17.5 Å². The van der Waals surface area contributed by atoms with Crippen molar-refractivity contribution in [1.82, 2.24) is 15.4 Å². The number of amides is 2. The van der Waals surface area contributed by atoms with Gasteiger partial charge < -0.3 is 10.0 Å². The smallest absolute Gasteiger partial charge is 0.272 e. The second-order valence-corrected chi connectivity index (χ2v) is 8.19. The van der Waals surface area contributed by atoms with Gasteiger partial charge in [-0.25, -0.2) is 10.5 Å². The number of hydrogen-bond donors (Lipinski definition) is 3. The van der Waals surface area contributed by atoms with Crippen LogP contribution in [0.5, 0.6) is 0 Å². The van der Waals surface area contributed by atoms with E-state index in [1.54, 1.807) is 4.90 Å². The number of aliphatic hydroxyl groups is 1. The molecule has 3 rings (SSSR count). The molecule has 3 N–H and O–H groups in total. The summed E-state index contributed by atoms with van der Waals surface area (Å²) in [5.74, 6) is -2.08. The van der Waals surface area contributed by atoms with E-state index >= 15 is 0 Å². The summed E-state index contributed by atoms with van der Waals surface area (Å²) in [6.07, 6.45) is 2.01. The van der Waals surface area contributed by atoms with Gasteiger partial charge in [-0.15, -0.1) is 11.3 Å². The number of benzene rings is 1. The molecule has 0 aliphatic carbocycles. The molecular weight excluding hydrogens is 390 g/mol. The Labute approximate surface area is 174 Å². The van der Waals surface area contributed by atoms with Gasteiger partial charge >= 0.3 is 0 Å². The normalized spacial score (nSPS) is 18.4. The number of aliphatic hydroxyl groups excluding tert-OH is 1. The van der Waals surface area contributed by atoms with Gasteiger partial charge in [-0.1, -0.05) is 50.1 Å². The van der Waals surface area contributed by atoms with Gasteiger partial charge in [-0.2, -0.15) is 0 Å². The van der Waals surface area contributed by atoms with Gasteiger partial charge in [-0.05, 0) is 19.3 Å². The van der Waals surface area contributed by atoms with Gasteiger partial charge in [-0.3, -0.25) is 14.8 Å². The summed E-state index contributed by atoms with van der Waals surface area (Å²) in [6, 6.07) is 9.73. The Morgan fingerprint density at radius 1 is 1.34 bits per heavy atom. The minimum atomic E-state index is -1.57. The first-order valence-electron chi connectivity index (χ1n) is 10.00. The third kappa shape index (κ3) is 4.83. The van der Waals surface area contributed by atoms with Crippen LogP contribution >= 0.6 is 11.3 Å². The Morgan fingerprint density at radius 3 is 2.79 bits per heavy atom. The van der Waals surface area contributed by atoms with Crippen molar-refractivity contribution in [3.05, 3.63) is 40.7 Å². The van der Waals surface area contributed by atoms with Crippen LogP contribution in [0.1, 0.15) is 50.1 Å². The van der Waals surface area contributed by atoms with E-state index < -0.39 is 17.9 Å². The van der Waals surface area contributed by atoms with Crippen molar-refractivity contribution in [2.75, 3.05) is 6.54 Å². The van der Waals surface area contributed by atoms with Crippen LogP contribution < -0.4 is 5.48 Å². The number of nitrogens with one attached hydrogen (secondary N) is 1. The predicted molar refractivity (Wildman–Crippen MR) is 110 cm³/mol. The predicted octanol–water partition coefficient (Wildman–Crippen LogP) is 3.15. The number of rotatable bonds is 8. The summed E-state index contributed by atoms with van der Waals surface area (Å²) in [6.45, 7) is 2.55. The molecule has 1 saturated heterocycles. The zero-order chi connectivity index (χ0) is 20.8. The lowest BCUT2D eigenvalue weighted by atomic mass is 9.93. The molecule has 29 heavy (non-hydrogen) atoms. The Hall–Kier alpha value is -2.29. The number of thiazole rings is 1. The van der Waals surface area contributed by atoms with E-state index in [0.717, 1.165) is 35.5 Å². The number of likely N-dealkylation sites (tertiary alicyclic amines) is 1. The fourth-order valence-corrected chi connectivity index (χ4v) is 4.75. The maximum absolute atomic E-state index is 13.3. The molecule has 0 bridgehead atoms. The summed E-state index contributed by atoms with van der Waals surface area (Å²) in [5, 5.41) is 22.0. The molecule has 3 unspecified atom stereocenters. The number of carbonyl (C=O) groups is 2. The average Bonchev–Trinajstić information content (AvgIpc) is 3.43. The standard InChI is InChI=1S/C21H27N3O4S/c1-2-3-10-15(18(25)19(26)23-28)21(27)24-12-7-11-17(24)20-22-16(13-29-20)14-8-5-4-6-9-14/h4-6,8-9,13,15,17-18,25,28H,2-3,7,10-12H2,1H3,(H,23,26). The Bertz CT molecular complexity index is 826. The van der Waals surface area contributed by atoms with Gasteiger partial charge in [0.2, 0.25) is 5.91 Å². The van der Waals surface area contributed by atoms with Crippen molar-refractivity contribution in [3.63, 3.8) is 0 Å². The highest BCUT2D eigenvalue weighted by Gasteiger charge is 2.39. The van der Waals surface area contributed by atoms with Crippen LogP contribution in [0.2, 0.25) is 0 Å². The number of carbonyl (C=O) groups excluding carboxylic acids is 2. The number of hydrogen-bond acceptors (Lipinski definition) is 6. The monoisotopic (exact) mass is 417 g/mol. The number of nitrogens with zero attached hydrogens (tertiary/aromatic N) is 2. The fraction of sp³-hybridized carbons (Fsp3) is 0.476. The Balaban J connectivity index is 1.80. The van der Waals surface area contributed by atoms with Crippen molar-refractivity contribution in [2.45, 2.75) is 51.2 Å². The highest BCUT2D eigenvalue weighted by Crippen LogP contribution is 2.37. The van der Waals surface area contributed by atoms with E-state index in [2.05, 4.69) is 0 Å². The van der Waals surface area contributed by atoms with E-state index in [1.807, 2.05) is 42.6 Å². The summed E-state index contributed by atoms with van der Waals surface area (Å²) in [4.78, 5) is 31.5. The summed E-state index contributed by atoms with van der Waals surface area (Å²) in [7, 11) is 0. The van der Waals surface area contributed by atoms with Crippen molar-refractivity contribution in [1.29, 1.82) is 0 Å². The molecule has 2 aromatic rings. The van der Waals surface area contributed by atoms with Crippen LogP contribution in [0.25, 0.3) is 11.3 Å². The van der Waals surface area contributed by atoms with Crippen molar-refractivity contribution >= 4 is 23.2 Å². The zero-order valence-corrected chi connectivity index (χ0v) is 17.3. The highest BCUT2D eigenvalue weighted by atomic mass is 32.1. The molecule has 1 aliphatic heterocycles. The maximum atomic E-state index is 13.3. The van der Waals surface area contributed by atoms with Crippen LogP contribution in [-0.2, 0) is 9.59 Å². The van der Waals surface area contributed by atoms with Crippen LogP contribution in [0.4, 0.5) is 0 Å². The van der Waals surface area contributed by atoms with Crippen LogP contribution in [0, 0.1) is 5.92 Å². The second kappa shape index (κ2) is 9.96. The van der Waals surface area contributed by atoms with Gasteiger partial charge in [0.15, 0.2) is 0 Å². The summed E-state index contributed by atoms with van der Waals surface area (Å²) in [5.41, 5.74) is 3.37. The molecule has 3 atom stereocenters. The molecule has 156 valence electrons. The molecule has 0 radical (unpaired) electrons. The molecule has 0 spiro atoms. The topological polar surface area (TPSA) is 103 Å². The van der Waals surface area contributed by atoms with Gasteiger partial charge in [0.05, 0.1) is 17.7 Å². The molecule has 7 nitrogen and oxygen atoms in total. The Kier molecular flexibility index (Phi) is 7.35. The van der Waals surface area contributed by atoms with E-state index in [1.165, 1.54) is 16.8 Å². The van der Waals surface area contributed by atoms with Gasteiger partial charge in [0.1, 0.15) is 11.1 Å². The fourth-order valence-electron chi connectivity index (χ4n) is 3.77. The molecule has 2 amide bonds. The number of aromatic nitrogens is 1. The lowest BCUT2D eigenvalue weighted by molar-refractivity contribution is -0.151. The first-order chi connectivity index (χ1) is 14.1. The van der Waals surface area contributed by atoms with E-state index in [0.29, 0.717) is 19.4 Å². The van der Waals surface area contributed by atoms with Gasteiger partial charge in [0.25, 0.3) is 5.91 Å². The van der Waals surface area contributed by atoms with E-state index in [9.17, 15) is 14.7 Å². The SMILES string of the molecule is CCCCC(C(=O)N1CCCC1c1nc(-c2ccccc2)cs1)C(O)C(=O)NO. The zero-order valence-electron chi connectivity index (χ0n) is 16.5. The third-order valence-corrected chi connectivity index (χ3v) is 6.30. The van der Waals surface area contributed by atoms with Crippen molar-refractivity contribution in [2.24, 2.45) is 5.92 Å². The molecule has 1 aliphatic rings. The molecule has 2 heterocycles. The highest BCUT2D eigenvalue weighted by molar-refractivity contribution is 7.10. The molecule has 0 saturated carbocycles. The minimum Gasteiger partial charge on any atom is -0.382 e. The second-order valence-electron chi connectivity index (χ2n) is 7.30. The lowest BCUT2D eigenvalue weighted by Gasteiger charge is -2.29. The number of unbranched alkanes of at least 4 members (excludes halogenated alkanes) is 1. The molecule has 1 aromatic heterocycles. The van der Waals surface area contributed by atoms with Crippen molar-refractivity contribution in [3.8, 4) is 11.3 Å². The number of hydroxylamine groups is 1. The van der Waals surface area contributed by atoms with Crippen LogP contribution in [0.15, 0.2) is 35.7 Å². The first-order valence-corrected chi connectivity index (χ1v) is 10.9. The largest absolute Gasteiger partial charge is 0.382 e. The molecular formula is C21H27N3O4S. The summed E-state index contributed by atoms with van der Waals surface area (Å²) < 4.78 is 0. The van der Waals surface area contributed by atoms with E-state index in [4.69, 9.17) is 10.2 Å².